The first-order valence-electron chi connectivity index (χ1n) is 10.5. The number of hydrogen-bond donors (Lipinski definition) is 1. The Morgan fingerprint density at radius 3 is 2.57 bits per heavy atom. The van der Waals surface area contributed by atoms with Gasteiger partial charge < -0.3 is 19.7 Å². The molecule has 1 rings (SSSR count). The maximum atomic E-state index is 13.0. The fraction of sp³-hybridized carbons (Fsp3) is 0.522. The third-order valence-electron chi connectivity index (χ3n) is 4.31. The van der Waals surface area contributed by atoms with Crippen LogP contribution in [-0.2, 0) is 19.1 Å². The topological polar surface area (TPSA) is 84.9 Å². The van der Waals surface area contributed by atoms with E-state index in [4.69, 9.17) is 9.47 Å². The number of nitrogens with zero attached hydrogens (tertiary/aromatic N) is 1. The van der Waals surface area contributed by atoms with Crippen molar-refractivity contribution in [3.05, 3.63) is 36.4 Å². The van der Waals surface area contributed by atoms with Crippen molar-refractivity contribution in [2.75, 3.05) is 36.6 Å². The molecule has 1 aromatic rings. The summed E-state index contributed by atoms with van der Waals surface area (Å²) in [6.45, 7) is 9.97. The number of benzene rings is 1. The largest absolute Gasteiger partial charge is 0.462 e. The van der Waals surface area contributed by atoms with Crippen molar-refractivity contribution in [3.8, 4) is 0 Å². The van der Waals surface area contributed by atoms with E-state index >= 15 is 0 Å². The van der Waals surface area contributed by atoms with Crippen molar-refractivity contribution in [2.24, 2.45) is 0 Å². The van der Waals surface area contributed by atoms with Gasteiger partial charge in [-0.25, -0.2) is 4.79 Å². The number of hydrogen-bond acceptors (Lipinski definition) is 5. The highest BCUT2D eigenvalue weighted by atomic mass is 16.5. The van der Waals surface area contributed by atoms with E-state index < -0.39 is 5.97 Å². The Morgan fingerprint density at radius 1 is 1.17 bits per heavy atom. The second-order valence-corrected chi connectivity index (χ2v) is 6.87. The van der Waals surface area contributed by atoms with Crippen molar-refractivity contribution in [1.82, 2.24) is 0 Å². The van der Waals surface area contributed by atoms with Crippen molar-refractivity contribution in [1.29, 1.82) is 0 Å². The van der Waals surface area contributed by atoms with Gasteiger partial charge in [-0.2, -0.15) is 0 Å². The molecule has 0 heterocycles. The SMILES string of the molecule is C=CCCCCN(C(=O)COCCCC)c1cc(NC(C)=O)ccc1C(=O)OCC. The Balaban J connectivity index is 3.22. The summed E-state index contributed by atoms with van der Waals surface area (Å²) in [5.41, 5.74) is 1.18. The molecule has 0 aromatic heterocycles. The summed E-state index contributed by atoms with van der Waals surface area (Å²) < 4.78 is 10.7. The molecule has 1 aromatic carbocycles. The number of amides is 2. The van der Waals surface area contributed by atoms with Gasteiger partial charge in [0.1, 0.15) is 6.61 Å². The third kappa shape index (κ3) is 8.78. The van der Waals surface area contributed by atoms with Crippen LogP contribution in [0.4, 0.5) is 11.4 Å². The quantitative estimate of drug-likeness (QED) is 0.276. The van der Waals surface area contributed by atoms with Gasteiger partial charge in [0, 0.05) is 25.8 Å². The van der Waals surface area contributed by atoms with Crippen LogP contribution in [0.5, 0.6) is 0 Å². The van der Waals surface area contributed by atoms with Crippen molar-refractivity contribution in [3.63, 3.8) is 0 Å². The first kappa shape index (κ1) is 25.4. The lowest BCUT2D eigenvalue weighted by atomic mass is 10.1. The molecular formula is C23H34N2O5. The number of ether oxygens (including phenoxy) is 2. The molecule has 30 heavy (non-hydrogen) atoms. The molecule has 0 atom stereocenters. The summed E-state index contributed by atoms with van der Waals surface area (Å²) in [5.74, 6) is -0.996. The van der Waals surface area contributed by atoms with Gasteiger partial charge in [-0.1, -0.05) is 19.4 Å². The van der Waals surface area contributed by atoms with Crippen LogP contribution in [0, 0.1) is 0 Å². The second-order valence-electron chi connectivity index (χ2n) is 6.87. The summed E-state index contributed by atoms with van der Waals surface area (Å²) in [6.07, 6.45) is 6.13. The van der Waals surface area contributed by atoms with Crippen LogP contribution in [-0.4, -0.2) is 44.1 Å². The van der Waals surface area contributed by atoms with Gasteiger partial charge in [0.05, 0.1) is 17.9 Å². The first-order valence-corrected chi connectivity index (χ1v) is 10.5. The zero-order valence-corrected chi connectivity index (χ0v) is 18.4. The summed E-state index contributed by atoms with van der Waals surface area (Å²) in [4.78, 5) is 38.5. The lowest BCUT2D eigenvalue weighted by molar-refractivity contribution is -0.123. The molecule has 0 spiro atoms. The molecule has 0 bridgehead atoms. The lowest BCUT2D eigenvalue weighted by Gasteiger charge is -2.25. The van der Waals surface area contributed by atoms with Crippen LogP contribution in [0.15, 0.2) is 30.9 Å². The van der Waals surface area contributed by atoms with Crippen molar-refractivity contribution >= 4 is 29.2 Å². The minimum absolute atomic E-state index is 0.0753. The number of rotatable bonds is 14. The predicted octanol–water partition coefficient (Wildman–Crippen LogP) is 4.33. The fourth-order valence-corrected chi connectivity index (χ4v) is 2.84. The minimum atomic E-state index is -0.516. The van der Waals surface area contributed by atoms with Gasteiger partial charge in [-0.3, -0.25) is 9.59 Å². The van der Waals surface area contributed by atoms with Crippen LogP contribution >= 0.6 is 0 Å². The Labute approximate surface area is 179 Å². The Morgan fingerprint density at radius 2 is 1.93 bits per heavy atom. The fourth-order valence-electron chi connectivity index (χ4n) is 2.84. The molecular weight excluding hydrogens is 384 g/mol. The average molecular weight is 419 g/mol. The van der Waals surface area contributed by atoms with Crippen molar-refractivity contribution < 1.29 is 23.9 Å². The van der Waals surface area contributed by atoms with E-state index in [1.165, 1.54) is 6.92 Å². The lowest BCUT2D eigenvalue weighted by Crippen LogP contribution is -2.36. The Bertz CT molecular complexity index is 718. The van der Waals surface area contributed by atoms with E-state index in [1.54, 1.807) is 30.0 Å². The van der Waals surface area contributed by atoms with Gasteiger partial charge in [0.2, 0.25) is 5.91 Å². The summed E-state index contributed by atoms with van der Waals surface area (Å²) >= 11 is 0. The Hall–Kier alpha value is -2.67. The standard InChI is InChI=1S/C23H34N2O5/c1-5-8-10-11-14-25(22(27)17-29-15-9-6-2)21-16-19(24-18(4)26)12-13-20(21)23(28)30-7-3/h5,12-13,16H,1,6-11,14-15,17H2,2-4H3,(H,24,26). The number of esters is 1. The summed E-state index contributed by atoms with van der Waals surface area (Å²) in [5, 5.41) is 2.70. The molecule has 0 unspecified atom stereocenters. The van der Waals surface area contributed by atoms with Gasteiger partial charge in [0.15, 0.2) is 0 Å². The van der Waals surface area contributed by atoms with E-state index in [2.05, 4.69) is 18.8 Å². The van der Waals surface area contributed by atoms with E-state index in [-0.39, 0.29) is 30.6 Å². The molecule has 0 aliphatic rings. The first-order chi connectivity index (χ1) is 14.4. The summed E-state index contributed by atoms with van der Waals surface area (Å²) in [6, 6.07) is 4.82. The molecule has 166 valence electrons. The van der Waals surface area contributed by atoms with Crippen LogP contribution in [0.25, 0.3) is 0 Å². The zero-order valence-electron chi connectivity index (χ0n) is 18.4. The van der Waals surface area contributed by atoms with Crippen molar-refractivity contribution in [2.45, 2.75) is 52.9 Å². The molecule has 0 saturated carbocycles. The molecule has 0 radical (unpaired) electrons. The molecule has 2 amide bonds. The third-order valence-corrected chi connectivity index (χ3v) is 4.31. The number of anilines is 2. The van der Waals surface area contributed by atoms with Crippen LogP contribution < -0.4 is 10.2 Å². The van der Waals surface area contributed by atoms with E-state index in [0.29, 0.717) is 24.5 Å². The maximum Gasteiger partial charge on any atom is 0.340 e. The van der Waals surface area contributed by atoms with Crippen LogP contribution in [0.2, 0.25) is 0 Å². The minimum Gasteiger partial charge on any atom is -0.462 e. The molecule has 7 nitrogen and oxygen atoms in total. The maximum absolute atomic E-state index is 13.0. The van der Waals surface area contributed by atoms with Crippen LogP contribution in [0.1, 0.15) is 63.2 Å². The molecule has 1 N–H and O–H groups in total. The van der Waals surface area contributed by atoms with E-state index in [0.717, 1.165) is 32.1 Å². The predicted molar refractivity (Wildman–Crippen MR) is 119 cm³/mol. The molecule has 0 aliphatic carbocycles. The molecule has 0 fully saturated rings. The molecule has 0 aliphatic heterocycles. The normalized spacial score (nSPS) is 10.4. The van der Waals surface area contributed by atoms with Gasteiger partial charge in [0.25, 0.3) is 5.91 Å². The number of carbonyl (C=O) groups is 3. The second kappa shape index (κ2) is 14.3. The monoisotopic (exact) mass is 418 g/mol. The van der Waals surface area contributed by atoms with E-state index in [1.807, 2.05) is 6.08 Å². The number of allylic oxidation sites excluding steroid dienone is 1. The Kier molecular flexibility index (Phi) is 12.1. The number of carbonyl (C=O) groups excluding carboxylic acids is 3. The highest BCUT2D eigenvalue weighted by Gasteiger charge is 2.23. The molecule has 0 saturated heterocycles. The smallest absolute Gasteiger partial charge is 0.340 e. The number of unbranched alkanes of at least 4 members (excludes halogenated alkanes) is 3. The summed E-state index contributed by atoms with van der Waals surface area (Å²) in [7, 11) is 0. The average Bonchev–Trinajstić information content (AvgIpc) is 2.71. The zero-order chi connectivity index (χ0) is 22.4. The van der Waals surface area contributed by atoms with E-state index in [9.17, 15) is 14.4 Å². The highest BCUT2D eigenvalue weighted by molar-refractivity contribution is 6.04. The number of nitrogens with one attached hydrogen (secondary N) is 1. The molecule has 7 heteroatoms. The van der Waals surface area contributed by atoms with Gasteiger partial charge in [-0.05, 0) is 50.8 Å². The van der Waals surface area contributed by atoms with Gasteiger partial charge >= 0.3 is 5.97 Å². The van der Waals surface area contributed by atoms with Gasteiger partial charge in [-0.15, -0.1) is 6.58 Å². The van der Waals surface area contributed by atoms with Crippen LogP contribution in [0.3, 0.4) is 0 Å². The highest BCUT2D eigenvalue weighted by Crippen LogP contribution is 2.27.